The van der Waals surface area contributed by atoms with Crippen LogP contribution in [0.15, 0.2) is 158 Å². The summed E-state index contributed by atoms with van der Waals surface area (Å²) in [4.78, 5) is 38.0. The van der Waals surface area contributed by atoms with Gasteiger partial charge in [0.2, 0.25) is 5.91 Å². The van der Waals surface area contributed by atoms with Gasteiger partial charge in [-0.1, -0.05) is 301 Å². The normalized spacial score (nSPS) is 14.4. The lowest BCUT2D eigenvalue weighted by atomic mass is 10.0. The molecule has 0 aromatic heterocycles. The van der Waals surface area contributed by atoms with Gasteiger partial charge in [0.15, 0.2) is 0 Å². The van der Waals surface area contributed by atoms with Crippen molar-refractivity contribution in [2.75, 3.05) is 40.9 Å². The number of quaternary nitrogens is 1. The number of carbonyl (C=O) groups excluding carboxylic acids is 2. The predicted octanol–water partition coefficient (Wildman–Crippen LogP) is 23.9. The second-order valence-corrected chi connectivity index (χ2v) is 26.8. The summed E-state index contributed by atoms with van der Waals surface area (Å²) in [5, 5.41) is 3.06. The maximum Gasteiger partial charge on any atom is 0.472 e. The van der Waals surface area contributed by atoms with Crippen molar-refractivity contribution in [1.82, 2.24) is 5.32 Å². The van der Waals surface area contributed by atoms with E-state index in [0.717, 1.165) is 167 Å². The van der Waals surface area contributed by atoms with E-state index in [1.54, 1.807) is 0 Å². The quantitative estimate of drug-likeness (QED) is 0.0205. The summed E-state index contributed by atoms with van der Waals surface area (Å²) in [7, 11) is 1.46. The monoisotopic (exact) mass is 1280 g/mol. The lowest BCUT2D eigenvalue weighted by Crippen LogP contribution is -2.47. The van der Waals surface area contributed by atoms with Crippen molar-refractivity contribution in [3.8, 4) is 0 Å². The van der Waals surface area contributed by atoms with Crippen molar-refractivity contribution in [2.45, 2.75) is 303 Å². The summed E-state index contributed by atoms with van der Waals surface area (Å²) in [5.41, 5.74) is 0. The van der Waals surface area contributed by atoms with Gasteiger partial charge in [-0.05, 0) is 134 Å². The van der Waals surface area contributed by atoms with E-state index in [1.165, 1.54) is 83.5 Å². The molecule has 3 atom stereocenters. The smallest absolute Gasteiger partial charge is 0.456 e. The minimum absolute atomic E-state index is 0.0272. The molecule has 0 aromatic rings. The number of phosphoric acid groups is 1. The van der Waals surface area contributed by atoms with Gasteiger partial charge in [-0.25, -0.2) is 4.57 Å². The summed E-state index contributed by atoms with van der Waals surface area (Å²) in [6.45, 7) is 6.77. The first-order valence-electron chi connectivity index (χ1n) is 36.8. The second kappa shape index (κ2) is 68.5. The summed E-state index contributed by atoms with van der Waals surface area (Å²) in [5.74, 6) is -0.538. The molecule has 0 aliphatic carbocycles. The minimum atomic E-state index is -4.48. The Morgan fingerprint density at radius 3 is 1.05 bits per heavy atom. The molecule has 3 unspecified atom stereocenters. The molecule has 0 rings (SSSR count). The largest absolute Gasteiger partial charge is 0.472 e. The molecule has 0 aromatic carbocycles. The molecule has 9 nitrogen and oxygen atoms in total. The molecule has 0 aliphatic heterocycles. The minimum Gasteiger partial charge on any atom is -0.456 e. The Bertz CT molecular complexity index is 2120. The van der Waals surface area contributed by atoms with Gasteiger partial charge in [-0.2, -0.15) is 0 Å². The first-order chi connectivity index (χ1) is 44.4. The third-order valence-corrected chi connectivity index (χ3v) is 16.4. The van der Waals surface area contributed by atoms with E-state index in [2.05, 4.69) is 172 Å². The van der Waals surface area contributed by atoms with Gasteiger partial charge in [0.05, 0.1) is 33.8 Å². The van der Waals surface area contributed by atoms with Crippen LogP contribution in [0.5, 0.6) is 0 Å². The van der Waals surface area contributed by atoms with Crippen molar-refractivity contribution in [3.05, 3.63) is 158 Å². The van der Waals surface area contributed by atoms with Crippen LogP contribution in [0.25, 0.3) is 0 Å². The third-order valence-electron chi connectivity index (χ3n) is 15.5. The zero-order valence-electron chi connectivity index (χ0n) is 59.3. The van der Waals surface area contributed by atoms with E-state index in [-0.39, 0.29) is 31.5 Å². The second-order valence-electron chi connectivity index (χ2n) is 25.3. The Morgan fingerprint density at radius 2 is 0.703 bits per heavy atom. The lowest BCUT2D eigenvalue weighted by Gasteiger charge is -2.27. The first-order valence-corrected chi connectivity index (χ1v) is 38.3. The molecule has 0 saturated carbocycles. The van der Waals surface area contributed by atoms with Gasteiger partial charge < -0.3 is 19.4 Å². The lowest BCUT2D eigenvalue weighted by molar-refractivity contribution is -0.870. The SMILES string of the molecule is CC/C=C\C/C=C\C/C=C\C/C=C\C/C=C\C/C=C\CCCCCCCCCCC(=O)NC(COP(=O)(O)OCC[N+](C)(C)C)C(/C=C/CCCCCCCCCCCCC)OC(=O)CCCCCCCC/C=C\C/C=C\C/C=C\C/C=C\C/C=C\C/C=C\CC. The zero-order valence-corrected chi connectivity index (χ0v) is 60.2. The summed E-state index contributed by atoms with van der Waals surface area (Å²) < 4.78 is 30.9. The number of nitrogens with one attached hydrogen (secondary N) is 1. The highest BCUT2D eigenvalue weighted by molar-refractivity contribution is 7.47. The molecule has 10 heteroatoms. The van der Waals surface area contributed by atoms with Gasteiger partial charge >= 0.3 is 13.8 Å². The van der Waals surface area contributed by atoms with Crippen molar-refractivity contribution in [3.63, 3.8) is 0 Å². The van der Waals surface area contributed by atoms with E-state index < -0.39 is 20.0 Å². The Balaban J connectivity index is 5.15. The van der Waals surface area contributed by atoms with Crippen LogP contribution >= 0.6 is 7.82 Å². The average Bonchev–Trinajstić information content (AvgIpc) is 3.45. The van der Waals surface area contributed by atoms with Gasteiger partial charge in [0, 0.05) is 12.8 Å². The van der Waals surface area contributed by atoms with Crippen LogP contribution in [0.4, 0.5) is 0 Å². The summed E-state index contributed by atoms with van der Waals surface area (Å²) in [6.07, 6.45) is 101. The highest BCUT2D eigenvalue weighted by atomic mass is 31.2. The van der Waals surface area contributed by atoms with E-state index in [9.17, 15) is 19.0 Å². The molecule has 0 spiro atoms. The maximum atomic E-state index is 13.7. The average molecular weight is 1280 g/mol. The fourth-order valence-electron chi connectivity index (χ4n) is 9.89. The highest BCUT2D eigenvalue weighted by Gasteiger charge is 2.30. The van der Waals surface area contributed by atoms with E-state index in [4.69, 9.17) is 13.8 Å². The van der Waals surface area contributed by atoms with Crippen LogP contribution in [0.2, 0.25) is 0 Å². The van der Waals surface area contributed by atoms with Crippen LogP contribution < -0.4 is 5.32 Å². The van der Waals surface area contributed by atoms with E-state index in [1.807, 2.05) is 33.3 Å². The fourth-order valence-corrected chi connectivity index (χ4v) is 10.6. The molecule has 518 valence electrons. The van der Waals surface area contributed by atoms with Crippen LogP contribution in [0.1, 0.15) is 290 Å². The molecular weight excluding hydrogens is 1140 g/mol. The molecule has 0 fully saturated rings. The molecule has 0 bridgehead atoms. The van der Waals surface area contributed by atoms with Crippen LogP contribution in [0.3, 0.4) is 0 Å². The van der Waals surface area contributed by atoms with Crippen molar-refractivity contribution in [2.24, 2.45) is 0 Å². The van der Waals surface area contributed by atoms with Crippen molar-refractivity contribution >= 4 is 19.7 Å². The van der Waals surface area contributed by atoms with Crippen LogP contribution in [-0.4, -0.2) is 74.3 Å². The van der Waals surface area contributed by atoms with E-state index >= 15 is 0 Å². The molecule has 0 aliphatic rings. The number of unbranched alkanes of at least 4 members (excludes halogenated alkanes) is 25. The fraction of sp³-hybridized carbons (Fsp3) is 0.654. The summed E-state index contributed by atoms with van der Waals surface area (Å²) >= 11 is 0. The standard InChI is InChI=1S/C81H137N2O7P/c1-7-10-13-16-19-22-25-28-30-32-34-36-38-40-41-43-44-46-48-50-52-55-58-61-64-67-70-73-80(84)82-78(77-89-91(86,87)88-76-75-83(4,5)6)79(72-69-66-63-60-57-54-27-24-21-18-15-12-9-3)90-81(85)74-71-68-65-62-59-56-53-51-49-47-45-42-39-37-35-33-31-29-26-23-20-17-14-11-8-2/h10-11,13-14,19-20,22-23,28-31,34-37,40-42,44-46,49,51,69,72,78-79H,7-9,12,15-18,21,24-27,32-33,38-39,43,47-48,50,52-68,70-71,73-77H2,1-6H3,(H-,82,84,86,87)/p+1/b13-10-,14-11-,22-19-,23-20-,30-28-,31-29-,36-34-,37-35-,41-40-,45-42-,46-44-,51-49-,72-69+. The number of rotatable bonds is 65. The van der Waals surface area contributed by atoms with Crippen LogP contribution in [0, 0.1) is 0 Å². The maximum absolute atomic E-state index is 13.7. The number of phosphoric ester groups is 1. The van der Waals surface area contributed by atoms with Gasteiger partial charge in [0.1, 0.15) is 19.3 Å². The number of hydrogen-bond donors (Lipinski definition) is 2. The molecule has 0 saturated heterocycles. The topological polar surface area (TPSA) is 111 Å². The summed E-state index contributed by atoms with van der Waals surface area (Å²) in [6, 6.07) is -0.874. The predicted molar refractivity (Wildman–Crippen MR) is 396 cm³/mol. The molecule has 2 N–H and O–H groups in total. The Labute approximate surface area is 560 Å². The molecular formula is C81H138N2O7P+. The first kappa shape index (κ1) is 86.6. The highest BCUT2D eigenvalue weighted by Crippen LogP contribution is 2.43. The number of carbonyl (C=O) groups is 2. The van der Waals surface area contributed by atoms with Crippen LogP contribution in [-0.2, 0) is 27.9 Å². The van der Waals surface area contributed by atoms with Crippen molar-refractivity contribution in [1.29, 1.82) is 0 Å². The number of allylic oxidation sites excluding steroid dienone is 25. The van der Waals surface area contributed by atoms with Gasteiger partial charge in [0.25, 0.3) is 0 Å². The Hall–Kier alpha value is -4.37. The zero-order chi connectivity index (χ0) is 66.3. The molecule has 0 heterocycles. The number of amides is 1. The van der Waals surface area contributed by atoms with E-state index in [0.29, 0.717) is 23.9 Å². The van der Waals surface area contributed by atoms with Gasteiger partial charge in [-0.3, -0.25) is 18.6 Å². The van der Waals surface area contributed by atoms with Crippen molar-refractivity contribution < 1.29 is 37.3 Å². The molecule has 0 radical (unpaired) electrons. The Kier molecular flexibility index (Phi) is 65.2. The number of esters is 1. The number of hydrogen-bond acceptors (Lipinski definition) is 6. The third kappa shape index (κ3) is 69.8. The number of likely N-dealkylation sites (N-methyl/N-ethyl adjacent to an activating group) is 1. The molecule has 1 amide bonds. The Morgan fingerprint density at radius 1 is 0.396 bits per heavy atom. The molecule has 91 heavy (non-hydrogen) atoms. The van der Waals surface area contributed by atoms with Gasteiger partial charge in [-0.15, -0.1) is 0 Å². The number of ether oxygens (including phenoxy) is 1. The number of nitrogens with zero attached hydrogens (tertiary/aromatic N) is 1.